The van der Waals surface area contributed by atoms with Gasteiger partial charge in [-0.2, -0.15) is 13.2 Å². The zero-order valence-corrected chi connectivity index (χ0v) is 17.7. The van der Waals surface area contributed by atoms with Crippen LogP contribution in [0.4, 0.5) is 41.2 Å². The lowest BCUT2D eigenvalue weighted by atomic mass is 10.2. The summed E-state index contributed by atoms with van der Waals surface area (Å²) in [7, 11) is 0. The smallest absolute Gasteiger partial charge is 0.406 e. The van der Waals surface area contributed by atoms with Crippen molar-refractivity contribution in [3.8, 4) is 5.75 Å². The van der Waals surface area contributed by atoms with E-state index < -0.39 is 36.7 Å². The van der Waals surface area contributed by atoms with Crippen molar-refractivity contribution in [1.82, 2.24) is 4.90 Å². The van der Waals surface area contributed by atoms with E-state index in [2.05, 4.69) is 9.73 Å². The number of hydrogen-bond donors (Lipinski definition) is 0. The number of amidine groups is 1. The fourth-order valence-electron chi connectivity index (χ4n) is 2.89. The van der Waals surface area contributed by atoms with Gasteiger partial charge in [0.2, 0.25) is 0 Å². The molecule has 2 aromatic rings. The van der Waals surface area contributed by atoms with Crippen LogP contribution < -0.4 is 9.64 Å². The van der Waals surface area contributed by atoms with Crippen molar-refractivity contribution in [3.63, 3.8) is 0 Å². The Hall–Kier alpha value is -2.96. The molecule has 0 N–H and O–H groups in total. The van der Waals surface area contributed by atoms with E-state index in [-0.39, 0.29) is 23.3 Å². The summed E-state index contributed by atoms with van der Waals surface area (Å²) >= 11 is 0.803. The van der Waals surface area contributed by atoms with Crippen LogP contribution in [0.25, 0.3) is 0 Å². The Morgan fingerprint density at radius 1 is 1.06 bits per heavy atom. The van der Waals surface area contributed by atoms with Crippen LogP contribution in [-0.2, 0) is 6.54 Å². The van der Waals surface area contributed by atoms with E-state index in [0.29, 0.717) is 16.0 Å². The molecule has 1 saturated heterocycles. The number of benzene rings is 2. The molecule has 2 amide bonds. The molecule has 1 aliphatic heterocycles. The van der Waals surface area contributed by atoms with Crippen LogP contribution in [0.15, 0.2) is 47.5 Å². The van der Waals surface area contributed by atoms with E-state index in [1.54, 1.807) is 6.92 Å². The number of urea groups is 1. The van der Waals surface area contributed by atoms with Crippen molar-refractivity contribution in [1.29, 1.82) is 0 Å². The number of amides is 2. The third kappa shape index (κ3) is 6.76. The van der Waals surface area contributed by atoms with E-state index in [0.717, 1.165) is 34.9 Å². The first kappa shape index (κ1) is 24.7. The highest BCUT2D eigenvalue weighted by Gasteiger charge is 2.41. The number of ether oxygens (including phenoxy) is 1. The SMILES string of the molecule is Cc1ccc(N2CS/C(=N\Cc3ccc(OC(F)(F)F)cc3)N(CC(F)(F)F)C2=O)c(F)c1. The van der Waals surface area contributed by atoms with E-state index in [9.17, 15) is 35.5 Å². The predicted octanol–water partition coefficient (Wildman–Crippen LogP) is 6.08. The number of hydrogen-bond acceptors (Lipinski definition) is 4. The topological polar surface area (TPSA) is 45.1 Å². The van der Waals surface area contributed by atoms with Gasteiger partial charge in [0.25, 0.3) is 0 Å². The summed E-state index contributed by atoms with van der Waals surface area (Å²) in [6, 6.07) is 7.51. The number of aryl methyl sites for hydroxylation is 1. The van der Waals surface area contributed by atoms with Crippen LogP contribution in [0.2, 0.25) is 0 Å². The Labute approximate surface area is 187 Å². The van der Waals surface area contributed by atoms with Crippen molar-refractivity contribution in [2.24, 2.45) is 4.99 Å². The minimum absolute atomic E-state index is 0.162. The molecule has 0 aromatic heterocycles. The predicted molar refractivity (Wildman–Crippen MR) is 108 cm³/mol. The van der Waals surface area contributed by atoms with Gasteiger partial charge in [0.1, 0.15) is 18.1 Å². The zero-order chi connectivity index (χ0) is 24.4. The maximum Gasteiger partial charge on any atom is 0.573 e. The van der Waals surface area contributed by atoms with Crippen molar-refractivity contribution in [3.05, 3.63) is 59.4 Å². The summed E-state index contributed by atoms with van der Waals surface area (Å²) < 4.78 is 94.2. The van der Waals surface area contributed by atoms with Gasteiger partial charge in [-0.1, -0.05) is 30.0 Å². The second-order valence-electron chi connectivity index (χ2n) is 6.93. The van der Waals surface area contributed by atoms with Gasteiger partial charge in [0.15, 0.2) is 5.17 Å². The maximum absolute atomic E-state index is 14.3. The molecule has 0 radical (unpaired) electrons. The number of nitrogens with zero attached hydrogens (tertiary/aromatic N) is 3. The van der Waals surface area contributed by atoms with Crippen LogP contribution in [0.3, 0.4) is 0 Å². The minimum Gasteiger partial charge on any atom is -0.406 e. The van der Waals surface area contributed by atoms with E-state index >= 15 is 0 Å². The highest BCUT2D eigenvalue weighted by atomic mass is 32.2. The average Bonchev–Trinajstić information content (AvgIpc) is 2.68. The quantitative estimate of drug-likeness (QED) is 0.472. The van der Waals surface area contributed by atoms with Gasteiger partial charge in [0, 0.05) is 0 Å². The molecule has 0 saturated carbocycles. The molecule has 33 heavy (non-hydrogen) atoms. The van der Waals surface area contributed by atoms with Gasteiger partial charge in [-0.25, -0.2) is 9.18 Å². The van der Waals surface area contributed by atoms with Gasteiger partial charge in [-0.15, -0.1) is 13.2 Å². The Bertz CT molecular complexity index is 1040. The summed E-state index contributed by atoms with van der Waals surface area (Å²) in [6.07, 6.45) is -9.61. The molecular formula is C20H16F7N3O2S. The fraction of sp³-hybridized carbons (Fsp3) is 0.300. The van der Waals surface area contributed by atoms with Crippen LogP contribution in [0.5, 0.6) is 5.75 Å². The molecule has 5 nitrogen and oxygen atoms in total. The Morgan fingerprint density at radius 2 is 1.73 bits per heavy atom. The van der Waals surface area contributed by atoms with Crippen LogP contribution in [-0.4, -0.2) is 41.1 Å². The summed E-state index contributed by atoms with van der Waals surface area (Å²) in [6.45, 7) is -0.211. The third-order valence-electron chi connectivity index (χ3n) is 4.30. The summed E-state index contributed by atoms with van der Waals surface area (Å²) in [5, 5.41) is -0.239. The fourth-order valence-corrected chi connectivity index (χ4v) is 3.84. The first-order valence-electron chi connectivity index (χ1n) is 9.26. The number of aliphatic imine (C=N–C) groups is 1. The molecule has 178 valence electrons. The average molecular weight is 495 g/mol. The highest BCUT2D eigenvalue weighted by molar-refractivity contribution is 8.14. The molecule has 0 atom stereocenters. The molecule has 0 bridgehead atoms. The molecule has 0 aliphatic carbocycles. The van der Waals surface area contributed by atoms with Crippen LogP contribution in [0, 0.1) is 12.7 Å². The molecule has 2 aromatic carbocycles. The van der Waals surface area contributed by atoms with Crippen molar-refractivity contribution in [2.45, 2.75) is 26.0 Å². The number of thioether (sulfide) groups is 1. The molecule has 1 heterocycles. The molecule has 0 spiro atoms. The Balaban J connectivity index is 1.81. The molecule has 13 heteroatoms. The zero-order valence-electron chi connectivity index (χ0n) is 16.9. The van der Waals surface area contributed by atoms with Crippen LogP contribution >= 0.6 is 11.8 Å². The lowest BCUT2D eigenvalue weighted by Crippen LogP contribution is -2.53. The summed E-state index contributed by atoms with van der Waals surface area (Å²) in [5.74, 6) is -1.39. The largest absolute Gasteiger partial charge is 0.573 e. The third-order valence-corrected chi connectivity index (χ3v) is 5.30. The molecule has 3 rings (SSSR count). The molecular weight excluding hydrogens is 479 g/mol. The maximum atomic E-state index is 14.3. The Kier molecular flexibility index (Phi) is 7.10. The van der Waals surface area contributed by atoms with Gasteiger partial charge >= 0.3 is 18.6 Å². The first-order chi connectivity index (χ1) is 15.3. The van der Waals surface area contributed by atoms with Crippen molar-refractivity contribution in [2.75, 3.05) is 17.3 Å². The number of carbonyl (C=O) groups is 1. The lowest BCUT2D eigenvalue weighted by Gasteiger charge is -2.36. The summed E-state index contributed by atoms with van der Waals surface area (Å²) in [5.41, 5.74) is 0.794. The normalized spacial score (nSPS) is 16.5. The van der Waals surface area contributed by atoms with Crippen LogP contribution in [0.1, 0.15) is 11.1 Å². The van der Waals surface area contributed by atoms with E-state index in [4.69, 9.17) is 0 Å². The second-order valence-corrected chi connectivity index (χ2v) is 7.84. The van der Waals surface area contributed by atoms with Crippen molar-refractivity contribution >= 4 is 28.6 Å². The van der Waals surface area contributed by atoms with Gasteiger partial charge < -0.3 is 4.74 Å². The molecule has 1 fully saturated rings. The van der Waals surface area contributed by atoms with E-state index in [1.165, 1.54) is 24.3 Å². The number of halogens is 7. The number of rotatable bonds is 5. The van der Waals surface area contributed by atoms with Gasteiger partial charge in [-0.3, -0.25) is 14.8 Å². The van der Waals surface area contributed by atoms with E-state index in [1.807, 2.05) is 0 Å². The summed E-state index contributed by atoms with van der Waals surface area (Å²) in [4.78, 5) is 18.1. The molecule has 1 aliphatic rings. The van der Waals surface area contributed by atoms with Gasteiger partial charge in [-0.05, 0) is 42.3 Å². The first-order valence-corrected chi connectivity index (χ1v) is 10.2. The second kappa shape index (κ2) is 9.49. The standard InChI is InChI=1S/C20H16F7N3O2S/c1-12-2-7-16(15(21)8-12)30-11-33-17(29(18(30)31)10-19(22,23)24)28-9-13-3-5-14(6-4-13)32-20(25,26)27/h2-8H,9-11H2,1H3/b28-17-. The monoisotopic (exact) mass is 495 g/mol. The molecule has 0 unspecified atom stereocenters. The highest BCUT2D eigenvalue weighted by Crippen LogP contribution is 2.31. The lowest BCUT2D eigenvalue weighted by molar-refractivity contribution is -0.274. The number of carbonyl (C=O) groups excluding carboxylic acids is 1. The number of anilines is 1. The Morgan fingerprint density at radius 3 is 2.30 bits per heavy atom. The van der Waals surface area contributed by atoms with Crippen molar-refractivity contribution < 1.29 is 40.3 Å². The number of alkyl halides is 6. The van der Waals surface area contributed by atoms with Gasteiger partial charge in [0.05, 0.1) is 18.1 Å². The minimum atomic E-state index is -4.86.